The van der Waals surface area contributed by atoms with E-state index in [1.807, 2.05) is 33.8 Å². The van der Waals surface area contributed by atoms with Crippen molar-refractivity contribution in [2.45, 2.75) is 175 Å². The number of aliphatic hydroxyl groups excluding tert-OH is 1. The monoisotopic (exact) mass is 1080 g/mol. The highest BCUT2D eigenvalue weighted by molar-refractivity contribution is 6.05. The van der Waals surface area contributed by atoms with Crippen LogP contribution >= 0.6 is 0 Å². The molecule has 0 radical (unpaired) electrons. The van der Waals surface area contributed by atoms with Gasteiger partial charge in [-0.1, -0.05) is 104 Å². The number of rotatable bonds is 15. The van der Waals surface area contributed by atoms with Gasteiger partial charge in [0.15, 0.2) is 11.9 Å². The third-order valence-corrected chi connectivity index (χ3v) is 14.4. The molecule has 2 aromatic rings. The summed E-state index contributed by atoms with van der Waals surface area (Å²) in [5.74, 6) is -8.77. The van der Waals surface area contributed by atoms with E-state index >= 15 is 0 Å². The molecule has 77 heavy (non-hydrogen) atoms. The van der Waals surface area contributed by atoms with Gasteiger partial charge in [0.2, 0.25) is 29.5 Å². The second-order valence-electron chi connectivity index (χ2n) is 21.8. The summed E-state index contributed by atoms with van der Waals surface area (Å²) in [5.41, 5.74) is 1.30. The maximum Gasteiger partial charge on any atom is 0.410 e. The van der Waals surface area contributed by atoms with E-state index in [4.69, 9.17) is 18.9 Å². The second kappa shape index (κ2) is 29.2. The summed E-state index contributed by atoms with van der Waals surface area (Å²) in [6, 6.07) is 7.97. The zero-order valence-electron chi connectivity index (χ0n) is 47.2. The highest BCUT2D eigenvalue weighted by Crippen LogP contribution is 2.26. The minimum absolute atomic E-state index is 0.0856. The molecule has 6 amide bonds. The van der Waals surface area contributed by atoms with Gasteiger partial charge in [0.25, 0.3) is 0 Å². The maximum absolute atomic E-state index is 14.9. The van der Waals surface area contributed by atoms with Crippen molar-refractivity contribution in [2.24, 2.45) is 29.6 Å². The van der Waals surface area contributed by atoms with Gasteiger partial charge in [-0.15, -0.1) is 0 Å². The molecule has 0 bridgehead atoms. The fourth-order valence-electron chi connectivity index (χ4n) is 9.55. The number of cyclic esters (lactones) is 2. The van der Waals surface area contributed by atoms with Crippen molar-refractivity contribution in [2.75, 3.05) is 27.7 Å². The molecule has 0 aromatic heterocycles. The number of aliphatic hydroxyl groups is 1. The van der Waals surface area contributed by atoms with Crippen LogP contribution in [0.2, 0.25) is 0 Å². The molecule has 2 aliphatic rings. The van der Waals surface area contributed by atoms with Crippen LogP contribution in [0.3, 0.4) is 0 Å². The Labute approximate surface area is 454 Å². The smallest absolute Gasteiger partial charge is 0.410 e. The standard InChI is InChI=1S/C57H84N6O14/c1-14-35(8)47-45(64)30-46(65)77-50(34(6)7)49(66)36(9)51(67)58-41(27-32(2)3)54(70)63-26-18-21-42(63)55(71)61(11)44(29-38-22-24-40(74-13)25-23-38)56(72)76-37(10)48(53(69)59-47)60-52(68)43(28-33(4)5)62(12)57(73)75-31-39-19-16-15-17-20-39/h15-17,19-20,22-25,32-37,41-45,47-48,50,64H,14,18,21,26-31H2,1-13H3,(H,58,67)(H,59,69)(H,60,68)/t35-,36+,37+,41-,42+,43-,44+,45-,47-,48+,50-/m1/s1. The van der Waals surface area contributed by atoms with Gasteiger partial charge in [-0.3, -0.25) is 38.5 Å². The second-order valence-corrected chi connectivity index (χ2v) is 21.8. The number of benzene rings is 2. The zero-order valence-corrected chi connectivity index (χ0v) is 47.2. The van der Waals surface area contributed by atoms with Gasteiger partial charge >= 0.3 is 18.0 Å². The van der Waals surface area contributed by atoms with E-state index in [9.17, 15) is 48.3 Å². The third-order valence-electron chi connectivity index (χ3n) is 14.4. The largest absolute Gasteiger partial charge is 0.497 e. The summed E-state index contributed by atoms with van der Waals surface area (Å²) in [5, 5.41) is 20.1. The van der Waals surface area contributed by atoms with Crippen molar-refractivity contribution in [3.8, 4) is 5.75 Å². The van der Waals surface area contributed by atoms with E-state index in [2.05, 4.69) is 16.0 Å². The molecule has 2 aliphatic heterocycles. The Morgan fingerprint density at radius 2 is 1.51 bits per heavy atom. The van der Waals surface area contributed by atoms with Crippen LogP contribution in [0.15, 0.2) is 54.6 Å². The lowest BCUT2D eigenvalue weighted by Crippen LogP contribution is -2.61. The molecule has 2 aromatic carbocycles. The summed E-state index contributed by atoms with van der Waals surface area (Å²) >= 11 is 0. The fraction of sp³-hybridized carbons (Fsp3) is 0.632. The van der Waals surface area contributed by atoms with Gasteiger partial charge in [-0.25, -0.2) is 9.59 Å². The van der Waals surface area contributed by atoms with Gasteiger partial charge in [0.1, 0.15) is 48.7 Å². The lowest BCUT2D eigenvalue weighted by molar-refractivity contribution is -0.163. The Balaban J connectivity index is 1.86. The highest BCUT2D eigenvalue weighted by atomic mass is 16.6. The van der Waals surface area contributed by atoms with Crippen molar-refractivity contribution in [3.05, 3.63) is 65.7 Å². The van der Waals surface area contributed by atoms with Crippen molar-refractivity contribution in [3.63, 3.8) is 0 Å². The van der Waals surface area contributed by atoms with Crippen LogP contribution in [0.5, 0.6) is 5.75 Å². The van der Waals surface area contributed by atoms with Crippen LogP contribution in [0.25, 0.3) is 0 Å². The number of amides is 6. The number of nitrogens with zero attached hydrogens (tertiary/aromatic N) is 3. The van der Waals surface area contributed by atoms with Crippen molar-refractivity contribution >= 4 is 53.4 Å². The molecule has 0 spiro atoms. The summed E-state index contributed by atoms with van der Waals surface area (Å²) in [6.45, 7) is 17.0. The summed E-state index contributed by atoms with van der Waals surface area (Å²) < 4.78 is 22.8. The van der Waals surface area contributed by atoms with Crippen molar-refractivity contribution < 1.29 is 67.2 Å². The Kier molecular flexibility index (Phi) is 23.9. The molecule has 4 rings (SSSR count). The number of likely N-dealkylation sites (N-methyl/N-ethyl adjacent to an activating group) is 2. The lowest BCUT2D eigenvalue weighted by Gasteiger charge is -2.36. The van der Waals surface area contributed by atoms with Gasteiger partial charge < -0.3 is 49.8 Å². The number of esters is 2. The quantitative estimate of drug-likeness (QED) is 0.107. The summed E-state index contributed by atoms with van der Waals surface area (Å²) in [6.07, 6.45) is -4.96. The first-order valence-electron chi connectivity index (χ1n) is 27.0. The number of hydrogen-bond donors (Lipinski definition) is 4. The molecule has 20 heteroatoms. The third kappa shape index (κ3) is 17.5. The van der Waals surface area contributed by atoms with Crippen LogP contribution in [0, 0.1) is 29.6 Å². The average Bonchev–Trinajstić information content (AvgIpc) is 3.89. The number of Topliss-reactive ketones (excluding diaryl/α,β-unsaturated/α-hetero) is 1. The number of nitrogens with one attached hydrogen (secondary N) is 3. The molecule has 20 nitrogen and oxygen atoms in total. The first kappa shape index (κ1) is 63.0. The normalized spacial score (nSPS) is 25.6. The Hall–Kier alpha value is -6.57. The first-order chi connectivity index (χ1) is 36.3. The Morgan fingerprint density at radius 1 is 0.857 bits per heavy atom. The summed E-state index contributed by atoms with van der Waals surface area (Å²) in [7, 11) is 4.30. The van der Waals surface area contributed by atoms with Crippen molar-refractivity contribution in [1.82, 2.24) is 30.7 Å². The minimum atomic E-state index is -1.72. The van der Waals surface area contributed by atoms with E-state index < -0.39 is 132 Å². The highest BCUT2D eigenvalue weighted by Gasteiger charge is 2.45. The molecule has 0 unspecified atom stereocenters. The molecule has 426 valence electrons. The number of carbonyl (C=O) groups excluding carboxylic acids is 9. The number of fused-ring (bicyclic) bond motifs is 1. The molecule has 2 fully saturated rings. The predicted octanol–water partition coefficient (Wildman–Crippen LogP) is 4.75. The van der Waals surface area contributed by atoms with E-state index in [1.54, 1.807) is 76.2 Å². The lowest BCUT2D eigenvalue weighted by atomic mass is 9.91. The van der Waals surface area contributed by atoms with E-state index in [1.165, 1.54) is 44.9 Å². The molecule has 2 heterocycles. The molecule has 11 atom stereocenters. The maximum atomic E-state index is 14.9. The van der Waals surface area contributed by atoms with E-state index in [0.29, 0.717) is 29.7 Å². The van der Waals surface area contributed by atoms with Crippen LogP contribution in [-0.2, 0) is 65.6 Å². The van der Waals surface area contributed by atoms with Crippen LogP contribution < -0.4 is 20.7 Å². The Morgan fingerprint density at radius 3 is 2.09 bits per heavy atom. The molecular weight excluding hydrogens is 993 g/mol. The van der Waals surface area contributed by atoms with Crippen LogP contribution in [0.1, 0.15) is 119 Å². The molecule has 0 saturated carbocycles. The van der Waals surface area contributed by atoms with Crippen molar-refractivity contribution in [1.29, 1.82) is 0 Å². The molecule has 2 saturated heterocycles. The van der Waals surface area contributed by atoms with Gasteiger partial charge in [0, 0.05) is 27.1 Å². The topological polar surface area (TPSA) is 257 Å². The SMILES string of the molecule is CC[C@@H](C)[C@H]1NC(=O)[C@@H](NC(=O)[C@@H](CC(C)C)N(C)C(=O)OCc2ccccc2)[C@H](C)OC(=O)[C@H](Cc2ccc(OC)cc2)N(C)C(=O)[C@@H]2CCCN2C(=O)[C@@H](CC(C)C)NC(=O)[C@@H](C)C(=O)[C@@H](C(C)C)OC(=O)C[C@H]1O. The Bertz CT molecular complexity index is 2350. The number of ether oxygens (including phenoxy) is 4. The number of hydrogen-bond acceptors (Lipinski definition) is 14. The van der Waals surface area contributed by atoms with Gasteiger partial charge in [-0.2, -0.15) is 0 Å². The number of carbonyl (C=O) groups is 9. The van der Waals surface area contributed by atoms with Gasteiger partial charge in [0.05, 0.1) is 31.6 Å². The molecule has 0 aliphatic carbocycles. The number of methoxy groups -OCH3 is 1. The molecule has 4 N–H and O–H groups in total. The minimum Gasteiger partial charge on any atom is -0.497 e. The average molecular weight is 1080 g/mol. The van der Waals surface area contributed by atoms with Crippen LogP contribution in [-0.4, -0.2) is 155 Å². The van der Waals surface area contributed by atoms with E-state index in [0.717, 1.165) is 4.90 Å². The van der Waals surface area contributed by atoms with E-state index in [-0.39, 0.29) is 50.7 Å². The number of ketones is 1. The predicted molar refractivity (Wildman–Crippen MR) is 285 cm³/mol. The van der Waals surface area contributed by atoms with Gasteiger partial charge in [-0.05, 0) is 86.5 Å². The zero-order chi connectivity index (χ0) is 57.4. The fourth-order valence-corrected chi connectivity index (χ4v) is 9.55. The first-order valence-corrected chi connectivity index (χ1v) is 27.0. The summed E-state index contributed by atoms with van der Waals surface area (Å²) in [4.78, 5) is 133. The van der Waals surface area contributed by atoms with Crippen LogP contribution in [0.4, 0.5) is 4.79 Å². The molecular formula is C57H84N6O14.